The Kier molecular flexibility index (Phi) is 7.07. The van der Waals surface area contributed by atoms with Crippen molar-refractivity contribution in [1.82, 2.24) is 15.1 Å². The van der Waals surface area contributed by atoms with Gasteiger partial charge in [0.05, 0.1) is 24.0 Å². The van der Waals surface area contributed by atoms with Gasteiger partial charge in [-0.05, 0) is 23.3 Å². The van der Waals surface area contributed by atoms with E-state index in [1.807, 2.05) is 36.4 Å². The van der Waals surface area contributed by atoms with E-state index in [0.717, 1.165) is 17.3 Å². The second-order valence-electron chi connectivity index (χ2n) is 8.14. The number of benzene rings is 2. The smallest absolute Gasteiger partial charge is 0.434 e. The number of ether oxygens (including phenoxy) is 1. The zero-order valence-electron chi connectivity index (χ0n) is 18.9. The van der Waals surface area contributed by atoms with E-state index in [9.17, 15) is 22.8 Å². The van der Waals surface area contributed by atoms with Gasteiger partial charge in [-0.3, -0.25) is 4.79 Å². The molecule has 7 nitrogen and oxygen atoms in total. The van der Waals surface area contributed by atoms with E-state index in [1.165, 1.54) is 12.1 Å². The highest BCUT2D eigenvalue weighted by Gasteiger charge is 2.41. The van der Waals surface area contributed by atoms with Crippen LogP contribution >= 0.6 is 0 Å². The fraction of sp³-hybridized carbons (Fsp3) is 0.192. The lowest BCUT2D eigenvalue weighted by Crippen LogP contribution is -2.45. The SMILES string of the molecule is O=C(O)COC1(CNC(=O)c2cnn(-c3ccccc3)c2C(F)(F)F)C=CC(c2ccccc2)=CC1. The quantitative estimate of drug-likeness (QED) is 0.478. The van der Waals surface area contributed by atoms with Crippen LogP contribution in [0.1, 0.15) is 28.0 Å². The number of hydrogen-bond acceptors (Lipinski definition) is 4. The molecule has 1 heterocycles. The summed E-state index contributed by atoms with van der Waals surface area (Å²) in [5.41, 5.74) is -1.15. The highest BCUT2D eigenvalue weighted by molar-refractivity contribution is 5.95. The Morgan fingerprint density at radius 2 is 1.75 bits per heavy atom. The summed E-state index contributed by atoms with van der Waals surface area (Å²) in [6, 6.07) is 17.1. The number of aromatic nitrogens is 2. The van der Waals surface area contributed by atoms with E-state index in [0.29, 0.717) is 4.68 Å². The minimum atomic E-state index is -4.85. The third kappa shape index (κ3) is 5.55. The van der Waals surface area contributed by atoms with Gasteiger partial charge in [0.25, 0.3) is 5.91 Å². The first-order valence-electron chi connectivity index (χ1n) is 11.0. The summed E-state index contributed by atoms with van der Waals surface area (Å²) in [5.74, 6) is -2.22. The summed E-state index contributed by atoms with van der Waals surface area (Å²) in [4.78, 5) is 24.0. The molecular formula is C26H22F3N3O4. The highest BCUT2D eigenvalue weighted by atomic mass is 19.4. The number of nitrogens with one attached hydrogen (secondary N) is 1. The number of carbonyl (C=O) groups excluding carboxylic acids is 1. The van der Waals surface area contributed by atoms with Gasteiger partial charge in [-0.15, -0.1) is 0 Å². The molecule has 1 aromatic heterocycles. The van der Waals surface area contributed by atoms with Gasteiger partial charge < -0.3 is 15.2 Å². The van der Waals surface area contributed by atoms with Crippen LogP contribution in [0.25, 0.3) is 11.3 Å². The number of nitrogens with zero attached hydrogens (tertiary/aromatic N) is 2. The van der Waals surface area contributed by atoms with Crippen molar-refractivity contribution in [3.63, 3.8) is 0 Å². The van der Waals surface area contributed by atoms with Crippen LogP contribution in [-0.2, 0) is 15.7 Å². The molecule has 1 amide bonds. The van der Waals surface area contributed by atoms with Gasteiger partial charge in [0.2, 0.25) is 0 Å². The molecule has 0 bridgehead atoms. The van der Waals surface area contributed by atoms with Gasteiger partial charge >= 0.3 is 12.1 Å². The summed E-state index contributed by atoms with van der Waals surface area (Å²) < 4.78 is 48.0. The first-order chi connectivity index (χ1) is 17.2. The maximum atomic E-state index is 13.9. The Balaban J connectivity index is 1.56. The third-order valence-electron chi connectivity index (χ3n) is 5.66. The van der Waals surface area contributed by atoms with Crippen molar-refractivity contribution in [3.05, 3.63) is 102 Å². The summed E-state index contributed by atoms with van der Waals surface area (Å²) in [6.07, 6.45) is 1.40. The average molecular weight is 497 g/mol. The average Bonchev–Trinajstić information content (AvgIpc) is 3.34. The molecule has 0 radical (unpaired) electrons. The minimum absolute atomic E-state index is 0.152. The molecule has 1 aliphatic rings. The highest BCUT2D eigenvalue weighted by Crippen LogP contribution is 2.34. The Hall–Kier alpha value is -4.18. The van der Waals surface area contributed by atoms with Crippen LogP contribution in [0.15, 0.2) is 85.1 Å². The number of hydrogen-bond donors (Lipinski definition) is 2. The van der Waals surface area contributed by atoms with Crippen molar-refractivity contribution in [2.45, 2.75) is 18.2 Å². The van der Waals surface area contributed by atoms with E-state index in [-0.39, 0.29) is 18.7 Å². The molecule has 0 spiro atoms. The molecule has 36 heavy (non-hydrogen) atoms. The van der Waals surface area contributed by atoms with Gasteiger partial charge in [-0.1, -0.05) is 66.8 Å². The van der Waals surface area contributed by atoms with E-state index < -0.39 is 41.5 Å². The molecule has 4 rings (SSSR count). The van der Waals surface area contributed by atoms with Gasteiger partial charge in [0.1, 0.15) is 12.2 Å². The van der Waals surface area contributed by atoms with Crippen LogP contribution in [0.2, 0.25) is 0 Å². The van der Waals surface area contributed by atoms with Crippen molar-refractivity contribution in [2.75, 3.05) is 13.2 Å². The molecule has 2 N–H and O–H groups in total. The molecule has 1 aliphatic carbocycles. The molecule has 0 saturated carbocycles. The lowest BCUT2D eigenvalue weighted by molar-refractivity contribution is -0.147. The second-order valence-corrected chi connectivity index (χ2v) is 8.14. The van der Waals surface area contributed by atoms with Crippen molar-refractivity contribution in [3.8, 4) is 5.69 Å². The Bertz CT molecular complexity index is 1300. The fourth-order valence-electron chi connectivity index (χ4n) is 3.88. The summed E-state index contributed by atoms with van der Waals surface area (Å²) in [6.45, 7) is -0.892. The lowest BCUT2D eigenvalue weighted by Gasteiger charge is -2.32. The molecule has 3 aromatic rings. The van der Waals surface area contributed by atoms with Crippen LogP contribution in [0.4, 0.5) is 13.2 Å². The molecule has 0 saturated heterocycles. The van der Waals surface area contributed by atoms with Crippen molar-refractivity contribution in [1.29, 1.82) is 0 Å². The molecular weight excluding hydrogens is 475 g/mol. The van der Waals surface area contributed by atoms with E-state index in [4.69, 9.17) is 9.84 Å². The maximum absolute atomic E-state index is 13.9. The van der Waals surface area contributed by atoms with Crippen molar-refractivity contribution < 1.29 is 32.6 Å². The minimum Gasteiger partial charge on any atom is -0.480 e. The predicted molar refractivity (Wildman–Crippen MR) is 125 cm³/mol. The van der Waals surface area contributed by atoms with E-state index in [2.05, 4.69) is 10.4 Å². The van der Waals surface area contributed by atoms with E-state index in [1.54, 1.807) is 30.4 Å². The first kappa shape index (κ1) is 24.9. The van der Waals surface area contributed by atoms with Gasteiger partial charge in [0.15, 0.2) is 5.69 Å². The predicted octanol–water partition coefficient (Wildman–Crippen LogP) is 4.50. The number of halogens is 3. The van der Waals surface area contributed by atoms with E-state index >= 15 is 0 Å². The monoisotopic (exact) mass is 497 g/mol. The maximum Gasteiger partial charge on any atom is 0.434 e. The van der Waals surface area contributed by atoms with Crippen LogP contribution < -0.4 is 5.32 Å². The lowest BCUT2D eigenvalue weighted by atomic mass is 9.89. The molecule has 1 atom stereocenters. The third-order valence-corrected chi connectivity index (χ3v) is 5.66. The summed E-state index contributed by atoms with van der Waals surface area (Å²) in [5, 5.41) is 15.4. The van der Waals surface area contributed by atoms with Crippen molar-refractivity contribution >= 4 is 17.4 Å². The second kappa shape index (κ2) is 10.2. The largest absolute Gasteiger partial charge is 0.480 e. The van der Waals surface area contributed by atoms with Gasteiger partial charge in [-0.25, -0.2) is 9.48 Å². The number of alkyl halides is 3. The Morgan fingerprint density at radius 1 is 1.08 bits per heavy atom. The number of carbonyl (C=O) groups is 2. The summed E-state index contributed by atoms with van der Waals surface area (Å²) in [7, 11) is 0. The molecule has 10 heteroatoms. The standard InChI is InChI=1S/C26H22F3N3O4/c27-26(28,29)23-21(15-31-32(23)20-9-5-2-6-10-20)24(35)30-17-25(36-16-22(33)34)13-11-19(12-14-25)18-7-3-1-4-8-18/h1-13,15H,14,16-17H2,(H,30,35)(H,33,34). The zero-order chi connectivity index (χ0) is 25.8. The zero-order valence-corrected chi connectivity index (χ0v) is 18.9. The Morgan fingerprint density at radius 3 is 2.33 bits per heavy atom. The number of para-hydroxylation sites is 1. The first-order valence-corrected chi connectivity index (χ1v) is 11.0. The topological polar surface area (TPSA) is 93.4 Å². The molecule has 0 fully saturated rings. The van der Waals surface area contributed by atoms with Crippen LogP contribution in [0.3, 0.4) is 0 Å². The van der Waals surface area contributed by atoms with Gasteiger partial charge in [0, 0.05) is 6.42 Å². The number of rotatable bonds is 8. The normalized spacial score (nSPS) is 17.5. The fourth-order valence-corrected chi connectivity index (χ4v) is 3.88. The number of carboxylic acids is 1. The Labute approximate surface area is 204 Å². The number of aliphatic carboxylic acids is 1. The van der Waals surface area contributed by atoms with Crippen molar-refractivity contribution in [2.24, 2.45) is 0 Å². The molecule has 2 aromatic carbocycles. The van der Waals surface area contributed by atoms with Crippen LogP contribution in [0.5, 0.6) is 0 Å². The molecule has 0 aliphatic heterocycles. The number of amides is 1. The van der Waals surface area contributed by atoms with Gasteiger partial charge in [-0.2, -0.15) is 18.3 Å². The number of carboxylic acid groups (broad SMARTS) is 1. The van der Waals surface area contributed by atoms with Crippen LogP contribution in [0, 0.1) is 0 Å². The van der Waals surface area contributed by atoms with Crippen LogP contribution in [-0.4, -0.2) is 45.5 Å². The molecule has 1 unspecified atom stereocenters. The number of allylic oxidation sites excluding steroid dienone is 2. The molecule has 186 valence electrons. The summed E-state index contributed by atoms with van der Waals surface area (Å²) >= 11 is 0.